The molecular formula is C27H22FN5O4S. The largest absolute Gasteiger partial charge is 0.493 e. The number of rotatable bonds is 7. The van der Waals surface area contributed by atoms with Crippen LogP contribution in [0.4, 0.5) is 10.1 Å². The molecule has 192 valence electrons. The molecular weight excluding hydrogens is 509 g/mol. The number of nitrogens with zero attached hydrogens (tertiary/aromatic N) is 3. The number of hydrogen-bond acceptors (Lipinski definition) is 7. The number of carbonyl (C=O) groups is 1. The molecule has 5 rings (SSSR count). The van der Waals surface area contributed by atoms with Gasteiger partial charge in [0, 0.05) is 23.3 Å². The maximum atomic E-state index is 13.9. The fourth-order valence-corrected chi connectivity index (χ4v) is 4.16. The van der Waals surface area contributed by atoms with Crippen molar-refractivity contribution in [3.05, 3.63) is 78.9 Å². The summed E-state index contributed by atoms with van der Waals surface area (Å²) in [5.41, 5.74) is 1.88. The maximum Gasteiger partial charge on any atom is 0.247 e. The van der Waals surface area contributed by atoms with Crippen LogP contribution in [0.5, 0.6) is 23.0 Å². The van der Waals surface area contributed by atoms with Crippen LogP contribution in [-0.2, 0) is 11.3 Å². The lowest BCUT2D eigenvalue weighted by Crippen LogP contribution is -2.36. The van der Waals surface area contributed by atoms with E-state index in [9.17, 15) is 9.18 Å². The Balaban J connectivity index is 1.22. The van der Waals surface area contributed by atoms with Crippen molar-refractivity contribution in [1.29, 1.82) is 0 Å². The maximum absolute atomic E-state index is 13.9. The zero-order valence-electron chi connectivity index (χ0n) is 20.4. The number of thiocarbonyl (C=S) groups is 1. The summed E-state index contributed by atoms with van der Waals surface area (Å²) in [7, 11) is 3.14. The van der Waals surface area contributed by atoms with Crippen molar-refractivity contribution < 1.29 is 23.4 Å². The minimum Gasteiger partial charge on any atom is -0.493 e. The van der Waals surface area contributed by atoms with Crippen molar-refractivity contribution in [2.75, 3.05) is 19.5 Å². The van der Waals surface area contributed by atoms with Crippen LogP contribution in [-0.4, -0.2) is 40.0 Å². The van der Waals surface area contributed by atoms with Gasteiger partial charge in [0.2, 0.25) is 5.91 Å². The summed E-state index contributed by atoms with van der Waals surface area (Å²) < 4.78 is 32.1. The van der Waals surface area contributed by atoms with Crippen LogP contribution >= 0.6 is 12.2 Å². The number of pyridine rings is 1. The Labute approximate surface area is 222 Å². The number of halogens is 1. The van der Waals surface area contributed by atoms with Gasteiger partial charge >= 0.3 is 0 Å². The number of fused-ring (bicyclic) bond motifs is 2. The molecule has 0 aliphatic heterocycles. The molecule has 5 aromatic rings. The standard InChI is InChI=1S/C27H22FN5O4S/c1-35-24-12-18-21(13-25(24)36-2)29-11-10-23(18)37-17-8-6-16(7-9-17)31-27(38)32-26(34)15-33-22-5-3-4-20(28)19(22)14-30-33/h3-14H,15H2,1-2H3,(H2,31,32,34,38). The van der Waals surface area contributed by atoms with Crippen LogP contribution in [0, 0.1) is 5.82 Å². The van der Waals surface area contributed by atoms with Crippen molar-refractivity contribution in [2.24, 2.45) is 0 Å². The quantitative estimate of drug-likeness (QED) is 0.282. The lowest BCUT2D eigenvalue weighted by molar-refractivity contribution is -0.120. The Bertz CT molecular complexity index is 1660. The molecule has 0 saturated heterocycles. The zero-order valence-corrected chi connectivity index (χ0v) is 21.2. The number of aromatic nitrogens is 3. The smallest absolute Gasteiger partial charge is 0.247 e. The third kappa shape index (κ3) is 5.18. The van der Waals surface area contributed by atoms with Crippen molar-refractivity contribution in [3.63, 3.8) is 0 Å². The Morgan fingerprint density at radius 1 is 1.00 bits per heavy atom. The fourth-order valence-electron chi connectivity index (χ4n) is 3.93. The Hall–Kier alpha value is -4.77. The topological polar surface area (TPSA) is 99.5 Å². The van der Waals surface area contributed by atoms with Crippen molar-refractivity contribution >= 4 is 50.7 Å². The molecule has 0 aliphatic carbocycles. The summed E-state index contributed by atoms with van der Waals surface area (Å²) in [5, 5.41) is 10.9. The van der Waals surface area contributed by atoms with Gasteiger partial charge in [-0.25, -0.2) is 4.39 Å². The SMILES string of the molecule is COc1cc2nccc(Oc3ccc(NC(=S)NC(=O)Cn4ncc5c(F)cccc54)cc3)c2cc1OC. The van der Waals surface area contributed by atoms with Crippen LogP contribution in [0.15, 0.2) is 73.1 Å². The second-order valence-electron chi connectivity index (χ2n) is 8.14. The van der Waals surface area contributed by atoms with Gasteiger partial charge in [-0.3, -0.25) is 14.5 Å². The molecule has 2 heterocycles. The first kappa shape index (κ1) is 24.9. The van der Waals surface area contributed by atoms with Crippen molar-refractivity contribution in [2.45, 2.75) is 6.54 Å². The molecule has 0 unspecified atom stereocenters. The van der Waals surface area contributed by atoms with E-state index in [1.807, 2.05) is 6.07 Å². The minimum absolute atomic E-state index is 0.113. The van der Waals surface area contributed by atoms with Crippen LogP contribution in [0.1, 0.15) is 0 Å². The van der Waals surface area contributed by atoms with E-state index in [1.54, 1.807) is 68.9 Å². The first-order chi connectivity index (χ1) is 18.4. The molecule has 11 heteroatoms. The predicted molar refractivity (Wildman–Crippen MR) is 145 cm³/mol. The first-order valence-electron chi connectivity index (χ1n) is 11.4. The average Bonchev–Trinajstić information content (AvgIpc) is 3.32. The van der Waals surface area contributed by atoms with Gasteiger partial charge in [-0.15, -0.1) is 0 Å². The summed E-state index contributed by atoms with van der Waals surface area (Å²) in [6.07, 6.45) is 3.05. The Morgan fingerprint density at radius 2 is 1.76 bits per heavy atom. The molecule has 2 N–H and O–H groups in total. The third-order valence-electron chi connectivity index (χ3n) is 5.73. The van der Waals surface area contributed by atoms with E-state index in [0.29, 0.717) is 45.1 Å². The molecule has 0 saturated carbocycles. The number of benzene rings is 3. The van der Waals surface area contributed by atoms with Gasteiger partial charge in [-0.05, 0) is 60.7 Å². The highest BCUT2D eigenvalue weighted by Gasteiger charge is 2.13. The first-order valence-corrected chi connectivity index (χ1v) is 11.9. The van der Waals surface area contributed by atoms with Crippen LogP contribution in [0.2, 0.25) is 0 Å². The van der Waals surface area contributed by atoms with E-state index < -0.39 is 11.7 Å². The number of anilines is 1. The molecule has 3 aromatic carbocycles. The number of nitrogens with one attached hydrogen (secondary N) is 2. The molecule has 2 aromatic heterocycles. The molecule has 0 radical (unpaired) electrons. The van der Waals surface area contributed by atoms with Gasteiger partial charge < -0.3 is 24.8 Å². The molecule has 0 atom stereocenters. The predicted octanol–water partition coefficient (Wildman–Crippen LogP) is 5.05. The van der Waals surface area contributed by atoms with Crippen LogP contribution < -0.4 is 24.8 Å². The highest BCUT2D eigenvalue weighted by Crippen LogP contribution is 2.37. The number of ether oxygens (including phenoxy) is 3. The zero-order chi connectivity index (χ0) is 26.6. The second kappa shape index (κ2) is 10.7. The average molecular weight is 532 g/mol. The molecule has 38 heavy (non-hydrogen) atoms. The fraction of sp³-hybridized carbons (Fsp3) is 0.111. The van der Waals surface area contributed by atoms with Crippen molar-refractivity contribution in [3.8, 4) is 23.0 Å². The molecule has 0 fully saturated rings. The molecule has 1 amide bonds. The normalized spacial score (nSPS) is 10.8. The van der Waals surface area contributed by atoms with Crippen LogP contribution in [0.3, 0.4) is 0 Å². The number of amides is 1. The summed E-state index contributed by atoms with van der Waals surface area (Å²) >= 11 is 5.27. The number of carbonyl (C=O) groups excluding carboxylic acids is 1. The van der Waals surface area contributed by atoms with E-state index in [1.165, 1.54) is 16.9 Å². The number of methoxy groups -OCH3 is 2. The van der Waals surface area contributed by atoms with Gasteiger partial charge in [0.1, 0.15) is 23.9 Å². The van der Waals surface area contributed by atoms with E-state index >= 15 is 0 Å². The van der Waals surface area contributed by atoms with E-state index in [2.05, 4.69) is 20.7 Å². The van der Waals surface area contributed by atoms with Crippen LogP contribution in [0.25, 0.3) is 21.8 Å². The second-order valence-corrected chi connectivity index (χ2v) is 8.55. The van der Waals surface area contributed by atoms with E-state index in [0.717, 1.165) is 5.39 Å². The highest BCUT2D eigenvalue weighted by atomic mass is 32.1. The molecule has 0 spiro atoms. The molecule has 9 nitrogen and oxygen atoms in total. The lowest BCUT2D eigenvalue weighted by Gasteiger charge is -2.13. The summed E-state index contributed by atoms with van der Waals surface area (Å²) in [5.74, 6) is 1.55. The summed E-state index contributed by atoms with van der Waals surface area (Å²) in [6.45, 7) is -0.113. The summed E-state index contributed by atoms with van der Waals surface area (Å²) in [4.78, 5) is 16.8. The van der Waals surface area contributed by atoms with E-state index in [4.69, 9.17) is 26.4 Å². The van der Waals surface area contributed by atoms with Gasteiger partial charge in [-0.1, -0.05) is 6.07 Å². The van der Waals surface area contributed by atoms with Gasteiger partial charge in [-0.2, -0.15) is 5.10 Å². The molecule has 0 bridgehead atoms. The monoisotopic (exact) mass is 531 g/mol. The van der Waals surface area contributed by atoms with E-state index in [-0.39, 0.29) is 11.7 Å². The Kier molecular flexibility index (Phi) is 7.00. The summed E-state index contributed by atoms with van der Waals surface area (Å²) in [6, 6.07) is 17.1. The van der Waals surface area contributed by atoms with Gasteiger partial charge in [0.15, 0.2) is 16.6 Å². The Morgan fingerprint density at radius 3 is 2.53 bits per heavy atom. The molecule has 0 aliphatic rings. The minimum atomic E-state index is -0.395. The van der Waals surface area contributed by atoms with Gasteiger partial charge in [0.05, 0.1) is 36.8 Å². The van der Waals surface area contributed by atoms with Crippen molar-refractivity contribution in [1.82, 2.24) is 20.1 Å². The third-order valence-corrected chi connectivity index (χ3v) is 5.93. The highest BCUT2D eigenvalue weighted by molar-refractivity contribution is 7.80. The van der Waals surface area contributed by atoms with Gasteiger partial charge in [0.25, 0.3) is 0 Å². The number of hydrogen-bond donors (Lipinski definition) is 2. The lowest BCUT2D eigenvalue weighted by atomic mass is 10.2.